The van der Waals surface area contributed by atoms with E-state index in [0.717, 1.165) is 25.1 Å². The summed E-state index contributed by atoms with van der Waals surface area (Å²) in [5.41, 5.74) is 0.782. The summed E-state index contributed by atoms with van der Waals surface area (Å²) < 4.78 is 28.4. The minimum Gasteiger partial charge on any atom is -0.359 e. The van der Waals surface area contributed by atoms with Crippen molar-refractivity contribution in [1.29, 1.82) is 0 Å². The van der Waals surface area contributed by atoms with Crippen LogP contribution >= 0.6 is 24.0 Å². The molecule has 7 nitrogen and oxygen atoms in total. The maximum Gasteiger partial charge on any atom is 0.191 e. The van der Waals surface area contributed by atoms with E-state index in [1.807, 2.05) is 13.0 Å². The van der Waals surface area contributed by atoms with Crippen molar-refractivity contribution in [3.05, 3.63) is 17.5 Å². The molecule has 1 saturated carbocycles. The fraction of sp³-hybridized carbons (Fsp3) is 0.750. The fourth-order valence-corrected chi connectivity index (χ4v) is 4.05. The second-order valence-electron chi connectivity index (χ2n) is 6.99. The number of rotatable bonds is 8. The van der Waals surface area contributed by atoms with E-state index in [9.17, 15) is 8.42 Å². The average molecular weight is 484 g/mol. The Morgan fingerprint density at radius 2 is 2.08 bits per heavy atom. The Hall–Kier alpha value is -0.840. The van der Waals surface area contributed by atoms with Crippen LogP contribution in [-0.2, 0) is 16.4 Å². The first-order valence-corrected chi connectivity index (χ1v) is 10.4. The van der Waals surface area contributed by atoms with Crippen molar-refractivity contribution in [2.45, 2.75) is 46.1 Å². The van der Waals surface area contributed by atoms with Crippen molar-refractivity contribution >= 4 is 39.8 Å². The number of sulfone groups is 1. The molecule has 2 N–H and O–H groups in total. The zero-order valence-corrected chi connectivity index (χ0v) is 18.5. The molecule has 0 spiro atoms. The monoisotopic (exact) mass is 484 g/mol. The number of hydrogen-bond acceptors (Lipinski definition) is 5. The largest absolute Gasteiger partial charge is 0.359 e. The predicted molar refractivity (Wildman–Crippen MR) is 110 cm³/mol. The zero-order chi connectivity index (χ0) is 17.8. The lowest BCUT2D eigenvalue weighted by atomic mass is 10.1. The number of aliphatic imine (C=N–C) groups is 1. The van der Waals surface area contributed by atoms with E-state index in [4.69, 9.17) is 4.52 Å². The van der Waals surface area contributed by atoms with Gasteiger partial charge in [-0.1, -0.05) is 19.0 Å². The molecule has 0 amide bonds. The molecule has 1 aliphatic carbocycles. The van der Waals surface area contributed by atoms with Gasteiger partial charge in [0.15, 0.2) is 11.7 Å². The van der Waals surface area contributed by atoms with Crippen molar-refractivity contribution in [2.24, 2.45) is 10.4 Å². The second-order valence-corrected chi connectivity index (χ2v) is 9.13. The molecule has 0 unspecified atom stereocenters. The Bertz CT molecular complexity index is 681. The molecule has 0 aromatic carbocycles. The van der Waals surface area contributed by atoms with Crippen LogP contribution in [0.1, 0.15) is 51.0 Å². The van der Waals surface area contributed by atoms with Crippen LogP contribution in [0, 0.1) is 5.41 Å². The summed E-state index contributed by atoms with van der Waals surface area (Å²) >= 11 is 0. The first-order chi connectivity index (χ1) is 11.2. The highest BCUT2D eigenvalue weighted by Crippen LogP contribution is 2.45. The van der Waals surface area contributed by atoms with Gasteiger partial charge < -0.3 is 15.2 Å². The molecule has 0 atom stereocenters. The Morgan fingerprint density at radius 1 is 1.40 bits per heavy atom. The van der Waals surface area contributed by atoms with Gasteiger partial charge in [0.25, 0.3) is 0 Å². The van der Waals surface area contributed by atoms with Crippen molar-refractivity contribution in [3.8, 4) is 0 Å². The number of hydrogen-bond donors (Lipinski definition) is 2. The molecule has 144 valence electrons. The predicted octanol–water partition coefficient (Wildman–Crippen LogP) is 2.30. The van der Waals surface area contributed by atoms with Crippen LogP contribution in [0.5, 0.6) is 0 Å². The second kappa shape index (κ2) is 9.20. The standard InChI is InChI=1S/C16H28N4O3S.HI/c1-5-17-15(18-9-13-8-14(12(2)3)20-23-13)19-10-16(6-7-16)11-24(4,21)22;/h8,12H,5-7,9-11H2,1-4H3,(H2,17,18,19);1H. The topological polar surface area (TPSA) is 96.6 Å². The summed E-state index contributed by atoms with van der Waals surface area (Å²) in [7, 11) is -2.96. The summed E-state index contributed by atoms with van der Waals surface area (Å²) in [6.07, 6.45) is 3.17. The third-order valence-electron chi connectivity index (χ3n) is 4.06. The molecule has 2 rings (SSSR count). The van der Waals surface area contributed by atoms with E-state index in [2.05, 4.69) is 34.6 Å². The van der Waals surface area contributed by atoms with E-state index in [0.29, 0.717) is 30.7 Å². The van der Waals surface area contributed by atoms with E-state index in [1.165, 1.54) is 6.26 Å². The summed E-state index contributed by atoms with van der Waals surface area (Å²) in [4.78, 5) is 4.49. The molecule has 1 aromatic heterocycles. The molecule has 0 bridgehead atoms. The smallest absolute Gasteiger partial charge is 0.191 e. The molecule has 1 aromatic rings. The van der Waals surface area contributed by atoms with Crippen LogP contribution in [0.25, 0.3) is 0 Å². The molecule has 9 heteroatoms. The Kier molecular flexibility index (Phi) is 8.17. The lowest BCUT2D eigenvalue weighted by molar-refractivity contribution is 0.376. The van der Waals surface area contributed by atoms with Crippen LogP contribution in [-0.4, -0.2) is 44.6 Å². The number of guanidine groups is 1. The zero-order valence-electron chi connectivity index (χ0n) is 15.3. The Balaban J connectivity index is 0.00000312. The van der Waals surface area contributed by atoms with Crippen LogP contribution in [0.2, 0.25) is 0 Å². The first-order valence-electron chi connectivity index (χ1n) is 8.38. The highest BCUT2D eigenvalue weighted by molar-refractivity contribution is 14.0. The summed E-state index contributed by atoms with van der Waals surface area (Å²) in [5, 5.41) is 10.5. The fourth-order valence-electron chi connectivity index (χ4n) is 2.55. The molecule has 0 aliphatic heterocycles. The van der Waals surface area contributed by atoms with Gasteiger partial charge >= 0.3 is 0 Å². The highest BCUT2D eigenvalue weighted by Gasteiger charge is 2.45. The van der Waals surface area contributed by atoms with E-state index < -0.39 is 9.84 Å². The third kappa shape index (κ3) is 7.51. The Labute approximate surface area is 167 Å². The molecule has 25 heavy (non-hydrogen) atoms. The third-order valence-corrected chi connectivity index (χ3v) is 5.20. The van der Waals surface area contributed by atoms with Gasteiger partial charge in [-0.05, 0) is 25.7 Å². The lowest BCUT2D eigenvalue weighted by Gasteiger charge is -2.17. The molecule has 0 radical (unpaired) electrons. The molecule has 1 aliphatic rings. The maximum absolute atomic E-state index is 11.5. The van der Waals surface area contributed by atoms with E-state index >= 15 is 0 Å². The van der Waals surface area contributed by atoms with E-state index in [-0.39, 0.29) is 35.1 Å². The molecule has 1 heterocycles. The molecule has 1 fully saturated rings. The average Bonchev–Trinajstić information content (AvgIpc) is 3.05. The van der Waals surface area contributed by atoms with Gasteiger partial charge in [-0.2, -0.15) is 0 Å². The van der Waals surface area contributed by atoms with Crippen molar-refractivity contribution < 1.29 is 12.9 Å². The number of nitrogens with one attached hydrogen (secondary N) is 2. The van der Waals surface area contributed by atoms with Crippen LogP contribution < -0.4 is 10.6 Å². The Morgan fingerprint density at radius 3 is 2.56 bits per heavy atom. The van der Waals surface area contributed by atoms with Gasteiger partial charge in [0, 0.05) is 30.8 Å². The molecular formula is C16H29IN4O3S. The van der Waals surface area contributed by atoms with E-state index in [1.54, 1.807) is 0 Å². The highest BCUT2D eigenvalue weighted by atomic mass is 127. The lowest BCUT2D eigenvalue weighted by Crippen LogP contribution is -2.41. The van der Waals surface area contributed by atoms with Crippen LogP contribution in [0.4, 0.5) is 0 Å². The van der Waals surface area contributed by atoms with Gasteiger partial charge in [0.1, 0.15) is 16.4 Å². The number of halogens is 1. The quantitative estimate of drug-likeness (QED) is 0.334. The number of aromatic nitrogens is 1. The van der Waals surface area contributed by atoms with Crippen LogP contribution in [0.3, 0.4) is 0 Å². The first kappa shape index (κ1) is 22.2. The van der Waals surface area contributed by atoms with Crippen molar-refractivity contribution in [3.63, 3.8) is 0 Å². The van der Waals surface area contributed by atoms with Gasteiger partial charge in [0.2, 0.25) is 0 Å². The minimum atomic E-state index is -2.96. The van der Waals surface area contributed by atoms with Gasteiger partial charge in [-0.15, -0.1) is 24.0 Å². The molecule has 0 saturated heterocycles. The number of nitrogens with zero attached hydrogens (tertiary/aromatic N) is 2. The molecular weight excluding hydrogens is 455 g/mol. The normalized spacial score (nSPS) is 16.4. The summed E-state index contributed by atoms with van der Waals surface area (Å²) in [6.45, 7) is 7.86. The minimum absolute atomic E-state index is 0. The van der Waals surface area contributed by atoms with Crippen molar-refractivity contribution in [1.82, 2.24) is 15.8 Å². The van der Waals surface area contributed by atoms with Gasteiger partial charge in [-0.25, -0.2) is 13.4 Å². The van der Waals surface area contributed by atoms with Gasteiger partial charge in [-0.3, -0.25) is 0 Å². The van der Waals surface area contributed by atoms with Crippen molar-refractivity contribution in [2.75, 3.05) is 25.1 Å². The summed E-state index contributed by atoms with van der Waals surface area (Å²) in [5.74, 6) is 1.93. The van der Waals surface area contributed by atoms with Crippen LogP contribution in [0.15, 0.2) is 15.6 Å². The summed E-state index contributed by atoms with van der Waals surface area (Å²) in [6, 6.07) is 1.92. The SMILES string of the molecule is CCNC(=NCc1cc(C(C)C)no1)NCC1(CS(C)(=O)=O)CC1.I. The van der Waals surface area contributed by atoms with Gasteiger partial charge in [0.05, 0.1) is 11.4 Å². The maximum atomic E-state index is 11.5.